The van der Waals surface area contributed by atoms with E-state index < -0.39 is 0 Å². The molecule has 0 radical (unpaired) electrons. The number of hydrogen-bond donors (Lipinski definition) is 1. The number of rotatable bonds is 8. The van der Waals surface area contributed by atoms with Crippen molar-refractivity contribution in [3.8, 4) is 0 Å². The molecule has 0 heterocycles. The lowest BCUT2D eigenvalue weighted by molar-refractivity contribution is -0.118. The molecule has 0 bridgehead atoms. The lowest BCUT2D eigenvalue weighted by Gasteiger charge is -2.12. The SMILES string of the molecule is CCC(CCN)CCC(=O)Cc1cc(C)cc(C)c1. The van der Waals surface area contributed by atoms with Crippen LogP contribution in [-0.4, -0.2) is 12.3 Å². The van der Waals surface area contributed by atoms with Crippen LogP contribution in [-0.2, 0) is 11.2 Å². The molecule has 19 heavy (non-hydrogen) atoms. The van der Waals surface area contributed by atoms with E-state index in [0.29, 0.717) is 24.5 Å². The van der Waals surface area contributed by atoms with Crippen LogP contribution in [0.15, 0.2) is 18.2 Å². The van der Waals surface area contributed by atoms with Gasteiger partial charge in [-0.05, 0) is 44.7 Å². The molecular formula is C17H27NO. The molecule has 0 aliphatic heterocycles. The zero-order chi connectivity index (χ0) is 14.3. The van der Waals surface area contributed by atoms with E-state index in [-0.39, 0.29) is 0 Å². The zero-order valence-corrected chi connectivity index (χ0v) is 12.5. The molecule has 106 valence electrons. The summed E-state index contributed by atoms with van der Waals surface area (Å²) in [7, 11) is 0. The van der Waals surface area contributed by atoms with E-state index in [1.54, 1.807) is 0 Å². The van der Waals surface area contributed by atoms with Gasteiger partial charge >= 0.3 is 0 Å². The number of carbonyl (C=O) groups is 1. The van der Waals surface area contributed by atoms with Gasteiger partial charge in [-0.25, -0.2) is 0 Å². The quantitative estimate of drug-likeness (QED) is 0.777. The van der Waals surface area contributed by atoms with Crippen molar-refractivity contribution < 1.29 is 4.79 Å². The third kappa shape index (κ3) is 6.02. The largest absolute Gasteiger partial charge is 0.330 e. The van der Waals surface area contributed by atoms with E-state index in [2.05, 4.69) is 39.0 Å². The zero-order valence-electron chi connectivity index (χ0n) is 12.5. The Balaban J connectivity index is 2.46. The minimum absolute atomic E-state index is 0.348. The van der Waals surface area contributed by atoms with Gasteiger partial charge < -0.3 is 5.73 Å². The molecule has 1 aromatic carbocycles. The van der Waals surface area contributed by atoms with Crippen LogP contribution in [0.1, 0.15) is 49.3 Å². The van der Waals surface area contributed by atoms with Gasteiger partial charge in [0.15, 0.2) is 0 Å². The van der Waals surface area contributed by atoms with Crippen LogP contribution >= 0.6 is 0 Å². The number of carbonyl (C=O) groups excluding carboxylic acids is 1. The highest BCUT2D eigenvalue weighted by atomic mass is 16.1. The molecule has 1 aromatic rings. The summed E-state index contributed by atoms with van der Waals surface area (Å²) < 4.78 is 0. The maximum absolute atomic E-state index is 12.0. The molecule has 0 fully saturated rings. The minimum atomic E-state index is 0.348. The summed E-state index contributed by atoms with van der Waals surface area (Å²) in [6, 6.07) is 6.37. The summed E-state index contributed by atoms with van der Waals surface area (Å²) in [5.74, 6) is 0.952. The number of ketones is 1. The van der Waals surface area contributed by atoms with Crippen molar-refractivity contribution in [3.05, 3.63) is 34.9 Å². The Hall–Kier alpha value is -1.15. The molecule has 0 spiro atoms. The molecule has 0 saturated carbocycles. The van der Waals surface area contributed by atoms with Gasteiger partial charge in [-0.2, -0.15) is 0 Å². The topological polar surface area (TPSA) is 43.1 Å². The Kier molecular flexibility index (Phi) is 6.79. The molecule has 1 unspecified atom stereocenters. The molecule has 0 aliphatic rings. The number of Topliss-reactive ketones (excluding diaryl/α,β-unsaturated/α-hetero) is 1. The highest BCUT2D eigenvalue weighted by Crippen LogP contribution is 2.16. The fourth-order valence-corrected chi connectivity index (χ4v) is 2.64. The van der Waals surface area contributed by atoms with Crippen LogP contribution < -0.4 is 5.73 Å². The standard InChI is InChI=1S/C17H27NO/c1-4-15(7-8-18)5-6-17(19)12-16-10-13(2)9-14(3)11-16/h9-11,15H,4-8,12,18H2,1-3H3. The molecule has 2 N–H and O–H groups in total. The van der Waals surface area contributed by atoms with Crippen molar-refractivity contribution in [2.24, 2.45) is 11.7 Å². The first-order chi connectivity index (χ1) is 9.05. The van der Waals surface area contributed by atoms with Crippen LogP contribution in [0.4, 0.5) is 0 Å². The lowest BCUT2D eigenvalue weighted by Crippen LogP contribution is -2.11. The molecular weight excluding hydrogens is 234 g/mol. The average Bonchev–Trinajstić information content (AvgIpc) is 2.33. The summed E-state index contributed by atoms with van der Waals surface area (Å²) in [6.45, 7) is 7.06. The highest BCUT2D eigenvalue weighted by molar-refractivity contribution is 5.80. The average molecular weight is 261 g/mol. The maximum Gasteiger partial charge on any atom is 0.137 e. The van der Waals surface area contributed by atoms with Gasteiger partial charge in [0, 0.05) is 12.8 Å². The van der Waals surface area contributed by atoms with Gasteiger partial charge in [0.05, 0.1) is 0 Å². The molecule has 0 aromatic heterocycles. The van der Waals surface area contributed by atoms with Crippen LogP contribution in [0.2, 0.25) is 0 Å². The Labute approximate surface area is 117 Å². The van der Waals surface area contributed by atoms with Crippen LogP contribution in [0.5, 0.6) is 0 Å². The van der Waals surface area contributed by atoms with Gasteiger partial charge in [0.2, 0.25) is 0 Å². The van der Waals surface area contributed by atoms with Gasteiger partial charge in [-0.3, -0.25) is 4.79 Å². The Morgan fingerprint density at radius 1 is 1.16 bits per heavy atom. The molecule has 2 heteroatoms. The van der Waals surface area contributed by atoms with E-state index in [1.165, 1.54) is 11.1 Å². The second kappa shape index (κ2) is 8.11. The Morgan fingerprint density at radius 3 is 2.32 bits per heavy atom. The van der Waals surface area contributed by atoms with Gasteiger partial charge in [0.25, 0.3) is 0 Å². The fraction of sp³-hybridized carbons (Fsp3) is 0.588. The normalized spacial score (nSPS) is 12.4. The molecule has 0 amide bonds. The van der Waals surface area contributed by atoms with Crippen molar-refractivity contribution >= 4 is 5.78 Å². The highest BCUT2D eigenvalue weighted by Gasteiger charge is 2.10. The summed E-state index contributed by atoms with van der Waals surface area (Å²) in [5, 5.41) is 0. The smallest absolute Gasteiger partial charge is 0.137 e. The summed E-state index contributed by atoms with van der Waals surface area (Å²) in [4.78, 5) is 12.0. The van der Waals surface area contributed by atoms with Crippen molar-refractivity contribution in [3.63, 3.8) is 0 Å². The first-order valence-electron chi connectivity index (χ1n) is 7.34. The number of hydrogen-bond acceptors (Lipinski definition) is 2. The molecule has 0 aliphatic carbocycles. The second-order valence-corrected chi connectivity index (χ2v) is 5.60. The van der Waals surface area contributed by atoms with Gasteiger partial charge in [-0.1, -0.05) is 42.7 Å². The summed E-state index contributed by atoms with van der Waals surface area (Å²) in [6.07, 6.45) is 4.39. The first kappa shape index (κ1) is 15.9. The van der Waals surface area contributed by atoms with Crippen LogP contribution in [0, 0.1) is 19.8 Å². The third-order valence-electron chi connectivity index (χ3n) is 3.67. The second-order valence-electron chi connectivity index (χ2n) is 5.60. The Bertz CT molecular complexity index is 391. The maximum atomic E-state index is 12.0. The van der Waals surface area contributed by atoms with E-state index in [0.717, 1.165) is 31.4 Å². The van der Waals surface area contributed by atoms with Crippen molar-refractivity contribution in [1.82, 2.24) is 0 Å². The number of benzene rings is 1. The molecule has 1 rings (SSSR count). The van der Waals surface area contributed by atoms with Crippen LogP contribution in [0.3, 0.4) is 0 Å². The molecule has 0 saturated heterocycles. The molecule has 1 atom stereocenters. The minimum Gasteiger partial charge on any atom is -0.330 e. The van der Waals surface area contributed by atoms with E-state index in [4.69, 9.17) is 5.73 Å². The van der Waals surface area contributed by atoms with Gasteiger partial charge in [0.1, 0.15) is 5.78 Å². The van der Waals surface area contributed by atoms with Crippen molar-refractivity contribution in [1.29, 1.82) is 0 Å². The monoisotopic (exact) mass is 261 g/mol. The summed E-state index contributed by atoms with van der Waals surface area (Å²) in [5.41, 5.74) is 9.20. The predicted molar refractivity (Wildman–Crippen MR) is 81.3 cm³/mol. The van der Waals surface area contributed by atoms with Crippen molar-refractivity contribution in [2.75, 3.05) is 6.54 Å². The fourth-order valence-electron chi connectivity index (χ4n) is 2.64. The van der Waals surface area contributed by atoms with Crippen molar-refractivity contribution in [2.45, 2.75) is 52.9 Å². The summed E-state index contributed by atoms with van der Waals surface area (Å²) >= 11 is 0. The van der Waals surface area contributed by atoms with Crippen LogP contribution in [0.25, 0.3) is 0 Å². The predicted octanol–water partition coefficient (Wildman–Crippen LogP) is 3.57. The first-order valence-corrected chi connectivity index (χ1v) is 7.34. The van der Waals surface area contributed by atoms with Gasteiger partial charge in [-0.15, -0.1) is 0 Å². The molecule has 2 nitrogen and oxygen atoms in total. The van der Waals surface area contributed by atoms with E-state index in [9.17, 15) is 4.79 Å². The number of nitrogens with two attached hydrogens (primary N) is 1. The Morgan fingerprint density at radius 2 is 1.79 bits per heavy atom. The van der Waals surface area contributed by atoms with E-state index >= 15 is 0 Å². The van der Waals surface area contributed by atoms with E-state index in [1.807, 2.05) is 0 Å². The number of aryl methyl sites for hydroxylation is 2. The lowest BCUT2D eigenvalue weighted by atomic mass is 9.93. The third-order valence-corrected chi connectivity index (χ3v) is 3.67.